The largest absolute Gasteiger partial charge is 0.376 e. The van der Waals surface area contributed by atoms with Crippen molar-refractivity contribution >= 4 is 5.96 Å². The van der Waals surface area contributed by atoms with Crippen LogP contribution >= 0.6 is 0 Å². The number of aliphatic imine (C=N–C) groups is 1. The van der Waals surface area contributed by atoms with Crippen LogP contribution < -0.4 is 10.6 Å². The molecule has 1 heterocycles. The molecular formula is C22H39N3O. The number of nitrogens with one attached hydrogen (secondary N) is 2. The zero-order chi connectivity index (χ0) is 17.8. The third-order valence-electron chi connectivity index (χ3n) is 7.31. The molecule has 5 rings (SSSR count). The molecule has 0 radical (unpaired) electrons. The molecule has 0 aromatic carbocycles. The monoisotopic (exact) mass is 361 g/mol. The zero-order valence-electron chi connectivity index (χ0n) is 16.7. The number of nitrogens with zero attached hydrogens (tertiary/aromatic N) is 1. The summed E-state index contributed by atoms with van der Waals surface area (Å²) in [5, 5.41) is 7.01. The van der Waals surface area contributed by atoms with E-state index in [4.69, 9.17) is 4.74 Å². The molecule has 26 heavy (non-hydrogen) atoms. The van der Waals surface area contributed by atoms with E-state index in [1.54, 1.807) is 0 Å². The quantitative estimate of drug-likeness (QED) is 0.576. The van der Waals surface area contributed by atoms with Gasteiger partial charge < -0.3 is 15.4 Å². The molecule has 0 aromatic heterocycles. The Morgan fingerprint density at radius 2 is 1.73 bits per heavy atom. The SMILES string of the molecule is CCCCCCCC1CN=C(NCCOC2C3CC4CC(C3)CC2C4)N1. The molecule has 0 amide bonds. The Morgan fingerprint density at radius 1 is 1.00 bits per heavy atom. The smallest absolute Gasteiger partial charge is 0.191 e. The van der Waals surface area contributed by atoms with E-state index in [0.29, 0.717) is 12.1 Å². The van der Waals surface area contributed by atoms with Gasteiger partial charge in [0.25, 0.3) is 0 Å². The van der Waals surface area contributed by atoms with E-state index >= 15 is 0 Å². The molecule has 4 bridgehead atoms. The Balaban J connectivity index is 1.07. The molecule has 5 aliphatic rings. The molecule has 0 saturated heterocycles. The first kappa shape index (κ1) is 18.6. The number of ether oxygens (including phenoxy) is 1. The second kappa shape index (κ2) is 8.95. The molecule has 148 valence electrons. The minimum Gasteiger partial charge on any atom is -0.376 e. The van der Waals surface area contributed by atoms with Crippen molar-refractivity contribution in [1.29, 1.82) is 0 Å². The van der Waals surface area contributed by atoms with Gasteiger partial charge in [0.2, 0.25) is 0 Å². The second-order valence-electron chi connectivity index (χ2n) is 9.43. The van der Waals surface area contributed by atoms with Gasteiger partial charge in [0, 0.05) is 12.6 Å². The van der Waals surface area contributed by atoms with Crippen LogP contribution in [0.1, 0.15) is 77.6 Å². The highest BCUT2D eigenvalue weighted by atomic mass is 16.5. The van der Waals surface area contributed by atoms with Gasteiger partial charge in [0.05, 0.1) is 19.3 Å². The zero-order valence-corrected chi connectivity index (χ0v) is 16.7. The van der Waals surface area contributed by atoms with Gasteiger partial charge in [-0.15, -0.1) is 0 Å². The molecule has 4 heteroatoms. The number of rotatable bonds is 10. The van der Waals surface area contributed by atoms with E-state index in [1.165, 1.54) is 70.6 Å². The lowest BCUT2D eigenvalue weighted by Gasteiger charge is -2.54. The van der Waals surface area contributed by atoms with Crippen LogP contribution in [0, 0.1) is 23.7 Å². The van der Waals surface area contributed by atoms with Gasteiger partial charge in [0.1, 0.15) is 0 Å². The highest BCUT2D eigenvalue weighted by Gasteiger charge is 2.48. The van der Waals surface area contributed by atoms with Crippen molar-refractivity contribution in [3.63, 3.8) is 0 Å². The van der Waals surface area contributed by atoms with Crippen LogP contribution in [0.15, 0.2) is 4.99 Å². The molecule has 1 unspecified atom stereocenters. The third kappa shape index (κ3) is 4.55. The Kier molecular flexibility index (Phi) is 6.40. The molecule has 0 aromatic rings. The number of hydrogen-bond acceptors (Lipinski definition) is 4. The van der Waals surface area contributed by atoms with Crippen LogP contribution in [0.2, 0.25) is 0 Å². The predicted molar refractivity (Wildman–Crippen MR) is 107 cm³/mol. The van der Waals surface area contributed by atoms with Crippen LogP contribution in [0.5, 0.6) is 0 Å². The fourth-order valence-corrected chi connectivity index (χ4v) is 6.26. The lowest BCUT2D eigenvalue weighted by Crippen LogP contribution is -2.50. The van der Waals surface area contributed by atoms with Crippen LogP contribution in [-0.4, -0.2) is 37.8 Å². The summed E-state index contributed by atoms with van der Waals surface area (Å²) in [6.07, 6.45) is 15.9. The maximum absolute atomic E-state index is 6.36. The number of unbranched alkanes of at least 4 members (excludes halogenated alkanes) is 4. The summed E-state index contributed by atoms with van der Waals surface area (Å²) in [4.78, 5) is 4.63. The van der Waals surface area contributed by atoms with Gasteiger partial charge in [-0.3, -0.25) is 4.99 Å². The van der Waals surface area contributed by atoms with Crippen molar-refractivity contribution in [3.8, 4) is 0 Å². The topological polar surface area (TPSA) is 45.7 Å². The maximum Gasteiger partial charge on any atom is 0.191 e. The minimum atomic E-state index is 0.546. The van der Waals surface area contributed by atoms with Crippen molar-refractivity contribution in [3.05, 3.63) is 0 Å². The van der Waals surface area contributed by atoms with Gasteiger partial charge >= 0.3 is 0 Å². The molecule has 0 spiro atoms. The van der Waals surface area contributed by atoms with E-state index in [2.05, 4.69) is 22.5 Å². The van der Waals surface area contributed by atoms with E-state index in [9.17, 15) is 0 Å². The van der Waals surface area contributed by atoms with Crippen molar-refractivity contribution in [2.45, 2.75) is 89.7 Å². The van der Waals surface area contributed by atoms with Crippen molar-refractivity contribution in [2.75, 3.05) is 19.7 Å². The molecule has 4 saturated carbocycles. The first-order valence-corrected chi connectivity index (χ1v) is 11.5. The summed E-state index contributed by atoms with van der Waals surface area (Å²) in [6.45, 7) is 4.93. The van der Waals surface area contributed by atoms with E-state index in [1.807, 2.05) is 0 Å². The van der Waals surface area contributed by atoms with E-state index in [-0.39, 0.29) is 0 Å². The molecule has 1 atom stereocenters. The first-order valence-electron chi connectivity index (χ1n) is 11.5. The molecule has 4 fully saturated rings. The molecule has 4 aliphatic carbocycles. The van der Waals surface area contributed by atoms with Crippen molar-refractivity contribution in [1.82, 2.24) is 10.6 Å². The summed E-state index contributed by atoms with van der Waals surface area (Å²) >= 11 is 0. The van der Waals surface area contributed by atoms with Crippen LogP contribution in [0.4, 0.5) is 0 Å². The summed E-state index contributed by atoms with van der Waals surface area (Å²) in [6, 6.07) is 0.546. The maximum atomic E-state index is 6.36. The van der Waals surface area contributed by atoms with E-state index in [0.717, 1.165) is 49.3 Å². The van der Waals surface area contributed by atoms with Crippen molar-refractivity contribution < 1.29 is 4.74 Å². The normalized spacial score (nSPS) is 37.7. The fourth-order valence-electron chi connectivity index (χ4n) is 6.26. The van der Waals surface area contributed by atoms with Crippen LogP contribution in [-0.2, 0) is 4.74 Å². The third-order valence-corrected chi connectivity index (χ3v) is 7.31. The molecule has 2 N–H and O–H groups in total. The highest BCUT2D eigenvalue weighted by molar-refractivity contribution is 5.81. The second-order valence-corrected chi connectivity index (χ2v) is 9.43. The fraction of sp³-hybridized carbons (Fsp3) is 0.955. The summed E-state index contributed by atoms with van der Waals surface area (Å²) in [7, 11) is 0. The lowest BCUT2D eigenvalue weighted by molar-refractivity contribution is -0.124. The van der Waals surface area contributed by atoms with Crippen molar-refractivity contribution in [2.24, 2.45) is 28.7 Å². The predicted octanol–water partition coefficient (Wildman–Crippen LogP) is 4.11. The Labute approximate surface area is 159 Å². The van der Waals surface area contributed by atoms with Gasteiger partial charge in [-0.25, -0.2) is 0 Å². The Morgan fingerprint density at radius 3 is 2.46 bits per heavy atom. The molecular weight excluding hydrogens is 322 g/mol. The standard InChI is InChI=1S/C22H39N3O/c1-2-3-4-5-6-7-20-15-24-22(25-20)23-8-9-26-21-18-11-16-10-17(13-18)14-19(21)12-16/h16-21H,2-15H2,1H3,(H2,23,24,25). The van der Waals surface area contributed by atoms with Crippen LogP contribution in [0.3, 0.4) is 0 Å². The number of hydrogen-bond donors (Lipinski definition) is 2. The summed E-state index contributed by atoms with van der Waals surface area (Å²) in [5.41, 5.74) is 0. The van der Waals surface area contributed by atoms with Gasteiger partial charge in [0.15, 0.2) is 5.96 Å². The molecule has 1 aliphatic heterocycles. The van der Waals surface area contributed by atoms with Gasteiger partial charge in [-0.1, -0.05) is 39.0 Å². The highest BCUT2D eigenvalue weighted by Crippen LogP contribution is 2.54. The average Bonchev–Trinajstić information content (AvgIpc) is 3.07. The Bertz CT molecular complexity index is 450. The molecule has 4 nitrogen and oxygen atoms in total. The lowest BCUT2D eigenvalue weighted by atomic mass is 9.55. The summed E-state index contributed by atoms with van der Waals surface area (Å²) in [5.74, 6) is 4.80. The number of guanidine groups is 1. The van der Waals surface area contributed by atoms with Gasteiger partial charge in [-0.05, 0) is 62.2 Å². The summed E-state index contributed by atoms with van der Waals surface area (Å²) < 4.78 is 6.36. The Hall–Kier alpha value is -0.770. The minimum absolute atomic E-state index is 0.546. The first-order chi connectivity index (χ1) is 12.8. The average molecular weight is 362 g/mol. The van der Waals surface area contributed by atoms with Gasteiger partial charge in [-0.2, -0.15) is 0 Å². The van der Waals surface area contributed by atoms with E-state index < -0.39 is 0 Å². The van der Waals surface area contributed by atoms with Crippen LogP contribution in [0.25, 0.3) is 0 Å².